The molecule has 0 aromatic rings. The van der Waals surface area contributed by atoms with Crippen molar-refractivity contribution in [3.8, 4) is 0 Å². The van der Waals surface area contributed by atoms with Crippen molar-refractivity contribution in [1.29, 1.82) is 0 Å². The zero-order valence-electron chi connectivity index (χ0n) is 7.75. The second-order valence-electron chi connectivity index (χ2n) is 3.37. The summed E-state index contributed by atoms with van der Waals surface area (Å²) in [5, 5.41) is 12.5. The van der Waals surface area contributed by atoms with Crippen LogP contribution in [0.25, 0.3) is 0 Å². The van der Waals surface area contributed by atoms with E-state index in [0.29, 0.717) is 12.1 Å². The van der Waals surface area contributed by atoms with E-state index in [1.165, 1.54) is 24.3 Å². The number of thioether (sulfide) groups is 1. The molecular weight excluding hydrogens is 170 g/mol. The SMILES string of the molecule is CCC(CO)NC1CCCSC1. The van der Waals surface area contributed by atoms with Crippen LogP contribution in [0.5, 0.6) is 0 Å². The lowest BCUT2D eigenvalue weighted by molar-refractivity contribution is 0.228. The third-order valence-corrected chi connectivity index (χ3v) is 3.56. The quantitative estimate of drug-likeness (QED) is 0.698. The van der Waals surface area contributed by atoms with E-state index in [2.05, 4.69) is 12.2 Å². The molecule has 1 aliphatic heterocycles. The lowest BCUT2D eigenvalue weighted by Gasteiger charge is -2.26. The van der Waals surface area contributed by atoms with Gasteiger partial charge >= 0.3 is 0 Å². The van der Waals surface area contributed by atoms with Crippen molar-refractivity contribution >= 4 is 11.8 Å². The molecule has 12 heavy (non-hydrogen) atoms. The summed E-state index contributed by atoms with van der Waals surface area (Å²) in [4.78, 5) is 0. The third-order valence-electron chi connectivity index (χ3n) is 2.34. The van der Waals surface area contributed by atoms with Gasteiger partial charge in [-0.15, -0.1) is 0 Å². The number of hydrogen-bond donors (Lipinski definition) is 2. The summed E-state index contributed by atoms with van der Waals surface area (Å²) in [6, 6.07) is 0.953. The summed E-state index contributed by atoms with van der Waals surface area (Å²) in [7, 11) is 0. The van der Waals surface area contributed by atoms with E-state index in [0.717, 1.165) is 6.42 Å². The Hall–Kier alpha value is 0.270. The molecule has 1 heterocycles. The molecule has 0 aromatic heterocycles. The van der Waals surface area contributed by atoms with Crippen LogP contribution < -0.4 is 5.32 Å². The van der Waals surface area contributed by atoms with Crippen molar-refractivity contribution in [1.82, 2.24) is 5.32 Å². The van der Waals surface area contributed by atoms with Gasteiger partial charge in [-0.25, -0.2) is 0 Å². The minimum atomic E-state index is 0.275. The van der Waals surface area contributed by atoms with Crippen LogP contribution in [0.1, 0.15) is 26.2 Å². The Kier molecular flexibility index (Phi) is 5.04. The molecule has 0 aromatic carbocycles. The minimum Gasteiger partial charge on any atom is -0.395 e. The summed E-state index contributed by atoms with van der Waals surface area (Å²) in [5.74, 6) is 2.53. The lowest BCUT2D eigenvalue weighted by atomic mass is 10.1. The maximum absolute atomic E-state index is 8.99. The van der Waals surface area contributed by atoms with Gasteiger partial charge < -0.3 is 10.4 Å². The van der Waals surface area contributed by atoms with Gasteiger partial charge in [0.15, 0.2) is 0 Å². The van der Waals surface area contributed by atoms with E-state index in [-0.39, 0.29) is 6.61 Å². The topological polar surface area (TPSA) is 32.3 Å². The predicted molar refractivity (Wildman–Crippen MR) is 54.6 cm³/mol. The van der Waals surface area contributed by atoms with Crippen molar-refractivity contribution in [3.63, 3.8) is 0 Å². The number of hydrogen-bond acceptors (Lipinski definition) is 3. The Morgan fingerprint density at radius 1 is 1.67 bits per heavy atom. The Bertz CT molecular complexity index is 111. The summed E-state index contributed by atoms with van der Waals surface area (Å²) in [5.41, 5.74) is 0. The molecule has 0 amide bonds. The van der Waals surface area contributed by atoms with Crippen molar-refractivity contribution in [2.45, 2.75) is 38.3 Å². The highest BCUT2D eigenvalue weighted by Gasteiger charge is 2.16. The summed E-state index contributed by atoms with van der Waals surface area (Å²) < 4.78 is 0. The Morgan fingerprint density at radius 3 is 3.00 bits per heavy atom. The highest BCUT2D eigenvalue weighted by atomic mass is 32.2. The van der Waals surface area contributed by atoms with Gasteiger partial charge in [0.1, 0.15) is 0 Å². The molecule has 1 aliphatic rings. The molecule has 2 unspecified atom stereocenters. The van der Waals surface area contributed by atoms with Gasteiger partial charge in [0.2, 0.25) is 0 Å². The predicted octanol–water partition coefficient (Wildman–Crippen LogP) is 1.24. The average Bonchev–Trinajstić information content (AvgIpc) is 2.16. The van der Waals surface area contributed by atoms with Crippen LogP contribution in [0.2, 0.25) is 0 Å². The Labute approximate surface area is 79.1 Å². The molecule has 0 saturated carbocycles. The maximum Gasteiger partial charge on any atom is 0.0584 e. The molecule has 1 fully saturated rings. The van der Waals surface area contributed by atoms with Crippen LogP contribution in [-0.2, 0) is 0 Å². The Morgan fingerprint density at radius 2 is 2.50 bits per heavy atom. The summed E-state index contributed by atoms with van der Waals surface area (Å²) >= 11 is 2.02. The number of nitrogens with one attached hydrogen (secondary N) is 1. The van der Waals surface area contributed by atoms with Gasteiger partial charge in [-0.3, -0.25) is 0 Å². The van der Waals surface area contributed by atoms with E-state index in [1.807, 2.05) is 11.8 Å². The van der Waals surface area contributed by atoms with Gasteiger partial charge in [0.25, 0.3) is 0 Å². The van der Waals surface area contributed by atoms with Crippen molar-refractivity contribution in [2.75, 3.05) is 18.1 Å². The molecule has 0 spiro atoms. The summed E-state index contributed by atoms with van der Waals surface area (Å²) in [6.07, 6.45) is 3.63. The van der Waals surface area contributed by atoms with Gasteiger partial charge in [-0.1, -0.05) is 6.92 Å². The molecule has 1 rings (SSSR count). The molecule has 2 N–H and O–H groups in total. The number of rotatable bonds is 4. The van der Waals surface area contributed by atoms with Gasteiger partial charge in [-0.2, -0.15) is 11.8 Å². The van der Waals surface area contributed by atoms with Crippen molar-refractivity contribution in [3.05, 3.63) is 0 Å². The molecular formula is C9H19NOS. The Balaban J connectivity index is 2.18. The zero-order valence-corrected chi connectivity index (χ0v) is 8.57. The van der Waals surface area contributed by atoms with E-state index in [1.54, 1.807) is 0 Å². The molecule has 0 bridgehead atoms. The normalized spacial score (nSPS) is 27.0. The second-order valence-corrected chi connectivity index (χ2v) is 4.52. The lowest BCUT2D eigenvalue weighted by Crippen LogP contribution is -2.42. The van der Waals surface area contributed by atoms with E-state index in [4.69, 9.17) is 5.11 Å². The van der Waals surface area contributed by atoms with Crippen molar-refractivity contribution in [2.24, 2.45) is 0 Å². The zero-order chi connectivity index (χ0) is 8.81. The summed E-state index contributed by atoms with van der Waals surface area (Å²) in [6.45, 7) is 2.39. The fraction of sp³-hybridized carbons (Fsp3) is 1.00. The van der Waals surface area contributed by atoms with Crippen molar-refractivity contribution < 1.29 is 5.11 Å². The van der Waals surface area contributed by atoms with Crippen LogP contribution in [-0.4, -0.2) is 35.3 Å². The van der Waals surface area contributed by atoms with E-state index >= 15 is 0 Å². The first-order valence-electron chi connectivity index (χ1n) is 4.81. The molecule has 3 heteroatoms. The molecule has 1 saturated heterocycles. The first-order chi connectivity index (χ1) is 5.86. The smallest absolute Gasteiger partial charge is 0.0584 e. The van der Waals surface area contributed by atoms with Gasteiger partial charge in [0, 0.05) is 17.8 Å². The fourth-order valence-corrected chi connectivity index (χ4v) is 2.59. The highest BCUT2D eigenvalue weighted by molar-refractivity contribution is 7.99. The molecule has 72 valence electrons. The van der Waals surface area contributed by atoms with Crippen LogP contribution >= 0.6 is 11.8 Å². The van der Waals surface area contributed by atoms with Crippen LogP contribution in [0.4, 0.5) is 0 Å². The molecule has 0 aliphatic carbocycles. The van der Waals surface area contributed by atoms with Crippen LogP contribution in [0.3, 0.4) is 0 Å². The van der Waals surface area contributed by atoms with Gasteiger partial charge in [-0.05, 0) is 25.0 Å². The molecule has 2 nitrogen and oxygen atoms in total. The number of aliphatic hydroxyl groups excluding tert-OH is 1. The second kappa shape index (κ2) is 5.84. The average molecular weight is 189 g/mol. The minimum absolute atomic E-state index is 0.275. The third kappa shape index (κ3) is 3.33. The number of aliphatic hydroxyl groups is 1. The largest absolute Gasteiger partial charge is 0.395 e. The molecule has 0 radical (unpaired) electrons. The fourth-order valence-electron chi connectivity index (χ4n) is 1.51. The van der Waals surface area contributed by atoms with Crippen LogP contribution in [0, 0.1) is 0 Å². The van der Waals surface area contributed by atoms with E-state index in [9.17, 15) is 0 Å². The maximum atomic E-state index is 8.99. The molecule has 2 atom stereocenters. The first-order valence-corrected chi connectivity index (χ1v) is 5.97. The van der Waals surface area contributed by atoms with Gasteiger partial charge in [0.05, 0.1) is 6.61 Å². The van der Waals surface area contributed by atoms with Crippen LogP contribution in [0.15, 0.2) is 0 Å². The highest BCUT2D eigenvalue weighted by Crippen LogP contribution is 2.17. The first kappa shape index (κ1) is 10.4. The standard InChI is InChI=1S/C9H19NOS/c1-2-8(6-11)10-9-4-3-5-12-7-9/h8-11H,2-7H2,1H3. The van der Waals surface area contributed by atoms with E-state index < -0.39 is 0 Å². The monoisotopic (exact) mass is 189 g/mol.